The van der Waals surface area contributed by atoms with E-state index in [0.717, 1.165) is 17.7 Å². The van der Waals surface area contributed by atoms with E-state index in [1.165, 1.54) is 5.56 Å². The smallest absolute Gasteiger partial charge is 0.119 e. The quantitative estimate of drug-likeness (QED) is 0.780. The van der Waals surface area contributed by atoms with Crippen LogP contribution in [0.2, 0.25) is 0 Å². The van der Waals surface area contributed by atoms with E-state index >= 15 is 0 Å². The van der Waals surface area contributed by atoms with Crippen molar-refractivity contribution in [2.75, 3.05) is 6.61 Å². The summed E-state index contributed by atoms with van der Waals surface area (Å²) in [5.41, 5.74) is 4.53. The summed E-state index contributed by atoms with van der Waals surface area (Å²) in [6.07, 6.45) is 0.900. The van der Waals surface area contributed by atoms with E-state index in [2.05, 4.69) is 17.6 Å². The highest BCUT2D eigenvalue weighted by atomic mass is 16.5. The van der Waals surface area contributed by atoms with Crippen molar-refractivity contribution >= 4 is 0 Å². The number of hydrogen-bond acceptors (Lipinski definition) is 3. The number of hydroxylamine groups is 1. The number of nitrogens with one attached hydrogen (secondary N) is 1. The lowest BCUT2D eigenvalue weighted by atomic mass is 10.1. The van der Waals surface area contributed by atoms with Gasteiger partial charge in [0.05, 0.1) is 12.6 Å². The van der Waals surface area contributed by atoms with Crippen LogP contribution in [0.25, 0.3) is 0 Å². The predicted molar refractivity (Wildman–Crippen MR) is 75.4 cm³/mol. The molecular weight excluding hydrogens is 238 g/mol. The van der Waals surface area contributed by atoms with E-state index in [-0.39, 0.29) is 6.04 Å². The molecule has 0 aliphatic heterocycles. The zero-order valence-corrected chi connectivity index (χ0v) is 11.0. The highest BCUT2D eigenvalue weighted by molar-refractivity contribution is 5.28. The predicted octanol–water partition coefficient (Wildman–Crippen LogP) is 3.35. The maximum atomic E-state index is 8.84. The summed E-state index contributed by atoms with van der Waals surface area (Å²) in [6, 6.07) is 18.0. The van der Waals surface area contributed by atoms with Crippen LogP contribution in [0.5, 0.6) is 5.75 Å². The van der Waals surface area contributed by atoms with E-state index in [4.69, 9.17) is 9.94 Å². The van der Waals surface area contributed by atoms with Gasteiger partial charge >= 0.3 is 0 Å². The van der Waals surface area contributed by atoms with Crippen LogP contribution >= 0.6 is 0 Å². The molecule has 0 radical (unpaired) electrons. The lowest BCUT2D eigenvalue weighted by Crippen LogP contribution is -2.12. The molecular formula is C16H19NO2. The van der Waals surface area contributed by atoms with Gasteiger partial charge in [-0.1, -0.05) is 42.5 Å². The lowest BCUT2D eigenvalue weighted by Gasteiger charge is -2.11. The summed E-state index contributed by atoms with van der Waals surface area (Å²) in [5, 5.41) is 8.84. The molecule has 3 nitrogen and oxygen atoms in total. The average molecular weight is 257 g/mol. The third kappa shape index (κ3) is 4.09. The minimum absolute atomic E-state index is 0.0710. The summed E-state index contributed by atoms with van der Waals surface area (Å²) < 4.78 is 5.70. The van der Waals surface area contributed by atoms with Crippen molar-refractivity contribution in [3.05, 3.63) is 65.7 Å². The topological polar surface area (TPSA) is 41.5 Å². The van der Waals surface area contributed by atoms with E-state index in [1.807, 2.05) is 49.4 Å². The lowest BCUT2D eigenvalue weighted by molar-refractivity contribution is 0.133. The summed E-state index contributed by atoms with van der Waals surface area (Å²) in [7, 11) is 0. The Kier molecular flexibility index (Phi) is 4.95. The Morgan fingerprint density at radius 1 is 1.05 bits per heavy atom. The fraction of sp³-hybridized carbons (Fsp3) is 0.250. The molecule has 19 heavy (non-hydrogen) atoms. The third-order valence-corrected chi connectivity index (χ3v) is 3.08. The van der Waals surface area contributed by atoms with Crippen LogP contribution in [0, 0.1) is 0 Å². The highest BCUT2D eigenvalue weighted by Crippen LogP contribution is 2.17. The number of ether oxygens (including phenoxy) is 1. The molecule has 0 heterocycles. The van der Waals surface area contributed by atoms with Crippen molar-refractivity contribution in [1.29, 1.82) is 0 Å². The van der Waals surface area contributed by atoms with Gasteiger partial charge < -0.3 is 9.94 Å². The molecule has 0 spiro atoms. The first-order valence-corrected chi connectivity index (χ1v) is 6.46. The van der Waals surface area contributed by atoms with Crippen molar-refractivity contribution in [2.24, 2.45) is 0 Å². The molecule has 0 bridgehead atoms. The van der Waals surface area contributed by atoms with Crippen molar-refractivity contribution < 1.29 is 9.94 Å². The Morgan fingerprint density at radius 2 is 1.74 bits per heavy atom. The number of benzene rings is 2. The monoisotopic (exact) mass is 257 g/mol. The minimum atomic E-state index is -0.0710. The Balaban J connectivity index is 1.83. The molecule has 3 heteroatoms. The molecule has 0 amide bonds. The zero-order chi connectivity index (χ0) is 13.5. The fourth-order valence-electron chi connectivity index (χ4n) is 1.86. The van der Waals surface area contributed by atoms with Gasteiger partial charge in [-0.15, -0.1) is 0 Å². The molecule has 2 rings (SSSR count). The van der Waals surface area contributed by atoms with Crippen molar-refractivity contribution in [3.63, 3.8) is 0 Å². The second-order valence-electron chi connectivity index (χ2n) is 4.50. The van der Waals surface area contributed by atoms with Crippen LogP contribution in [0.4, 0.5) is 0 Å². The molecule has 0 aliphatic carbocycles. The minimum Gasteiger partial charge on any atom is -0.493 e. The van der Waals surface area contributed by atoms with Gasteiger partial charge in [-0.2, -0.15) is 5.48 Å². The highest BCUT2D eigenvalue weighted by Gasteiger charge is 2.03. The SMILES string of the molecule is CC(NO)c1ccc(OCCc2ccccc2)cc1. The molecule has 1 atom stereocenters. The summed E-state index contributed by atoms with van der Waals surface area (Å²) in [4.78, 5) is 0. The zero-order valence-electron chi connectivity index (χ0n) is 11.0. The second kappa shape index (κ2) is 6.92. The van der Waals surface area contributed by atoms with Gasteiger partial charge in [-0.25, -0.2) is 0 Å². The molecule has 0 aliphatic rings. The molecule has 2 N–H and O–H groups in total. The first kappa shape index (κ1) is 13.6. The largest absolute Gasteiger partial charge is 0.493 e. The van der Waals surface area contributed by atoms with E-state index in [0.29, 0.717) is 6.61 Å². The third-order valence-electron chi connectivity index (χ3n) is 3.08. The molecule has 100 valence electrons. The van der Waals surface area contributed by atoms with Crippen molar-refractivity contribution in [3.8, 4) is 5.75 Å². The first-order valence-electron chi connectivity index (χ1n) is 6.46. The van der Waals surface area contributed by atoms with E-state index < -0.39 is 0 Å². The Bertz CT molecular complexity index is 482. The van der Waals surface area contributed by atoms with Crippen LogP contribution in [-0.4, -0.2) is 11.8 Å². The van der Waals surface area contributed by atoms with Crippen LogP contribution in [0.15, 0.2) is 54.6 Å². The molecule has 2 aromatic rings. The molecule has 0 fully saturated rings. The second-order valence-corrected chi connectivity index (χ2v) is 4.50. The average Bonchev–Trinajstić information content (AvgIpc) is 2.48. The van der Waals surface area contributed by atoms with Gasteiger partial charge in [0, 0.05) is 6.42 Å². The normalized spacial score (nSPS) is 12.1. The van der Waals surface area contributed by atoms with Gasteiger partial charge in [0.2, 0.25) is 0 Å². The maximum absolute atomic E-state index is 8.84. The van der Waals surface area contributed by atoms with E-state index in [9.17, 15) is 0 Å². The Morgan fingerprint density at radius 3 is 2.37 bits per heavy atom. The van der Waals surface area contributed by atoms with Crippen molar-refractivity contribution in [2.45, 2.75) is 19.4 Å². The van der Waals surface area contributed by atoms with Gasteiger partial charge in [-0.05, 0) is 30.2 Å². The Hall–Kier alpha value is -1.84. The van der Waals surface area contributed by atoms with Gasteiger partial charge in [-0.3, -0.25) is 0 Å². The molecule has 0 saturated carbocycles. The van der Waals surface area contributed by atoms with Crippen LogP contribution in [0.1, 0.15) is 24.1 Å². The van der Waals surface area contributed by atoms with Crippen LogP contribution < -0.4 is 10.2 Å². The standard InChI is InChI=1S/C16H19NO2/c1-13(17-18)15-7-9-16(10-8-15)19-12-11-14-5-3-2-4-6-14/h2-10,13,17-18H,11-12H2,1H3. The maximum Gasteiger partial charge on any atom is 0.119 e. The van der Waals surface area contributed by atoms with E-state index in [1.54, 1.807) is 0 Å². The number of hydrogen-bond donors (Lipinski definition) is 2. The first-order chi connectivity index (χ1) is 9.29. The molecule has 0 saturated heterocycles. The molecule has 1 unspecified atom stereocenters. The fourth-order valence-corrected chi connectivity index (χ4v) is 1.86. The molecule has 0 aromatic heterocycles. The van der Waals surface area contributed by atoms with Crippen molar-refractivity contribution in [1.82, 2.24) is 5.48 Å². The number of rotatable bonds is 6. The van der Waals surface area contributed by atoms with Crippen LogP contribution in [0.3, 0.4) is 0 Å². The van der Waals surface area contributed by atoms with Gasteiger partial charge in [0.15, 0.2) is 0 Å². The summed E-state index contributed by atoms with van der Waals surface area (Å²) >= 11 is 0. The van der Waals surface area contributed by atoms with Gasteiger partial charge in [0.25, 0.3) is 0 Å². The van der Waals surface area contributed by atoms with Crippen LogP contribution in [-0.2, 0) is 6.42 Å². The van der Waals surface area contributed by atoms with Gasteiger partial charge in [0.1, 0.15) is 5.75 Å². The molecule has 2 aromatic carbocycles. The Labute approximate surface area is 113 Å². The summed E-state index contributed by atoms with van der Waals surface area (Å²) in [6.45, 7) is 2.56. The summed E-state index contributed by atoms with van der Waals surface area (Å²) in [5.74, 6) is 0.852.